The van der Waals surface area contributed by atoms with E-state index >= 15 is 0 Å². The number of nitrogens with one attached hydrogen (secondary N) is 15. The van der Waals surface area contributed by atoms with Gasteiger partial charge in [-0.25, -0.2) is 4.98 Å². The molecule has 17 amide bonds. The molecule has 2 aromatic carbocycles. The van der Waals surface area contributed by atoms with Gasteiger partial charge in [-0.2, -0.15) is 0 Å². The molecule has 0 spiro atoms. The Morgan fingerprint density at radius 1 is 0.448 bits per heavy atom. The predicted molar refractivity (Wildman–Crippen MR) is 372 cm³/mol. The van der Waals surface area contributed by atoms with E-state index in [-0.39, 0.29) is 36.8 Å². The zero-order chi connectivity index (χ0) is 78.5. The van der Waals surface area contributed by atoms with Gasteiger partial charge in [-0.1, -0.05) is 102 Å². The van der Waals surface area contributed by atoms with Crippen molar-refractivity contribution in [3.05, 3.63) is 110 Å². The highest BCUT2D eigenvalue weighted by Crippen LogP contribution is 2.12. The van der Waals surface area contributed by atoms with Crippen molar-refractivity contribution in [1.29, 1.82) is 0 Å². The second-order valence-electron chi connectivity index (χ2n) is 24.8. The van der Waals surface area contributed by atoms with E-state index in [0.717, 1.165) is 6.42 Å². The van der Waals surface area contributed by atoms with Gasteiger partial charge < -0.3 is 107 Å². The smallest absolute Gasteiger partial charge is 0.245 e. The van der Waals surface area contributed by atoms with Crippen LogP contribution in [0.25, 0.3) is 0 Å². The number of carbonyl (C=O) groups excluding carboxylic acids is 17. The molecule has 0 saturated carbocycles. The van der Waals surface area contributed by atoms with Gasteiger partial charge in [0.25, 0.3) is 0 Å². The molecule has 0 unspecified atom stereocenters. The molecule has 3 rings (SSSR count). The summed E-state index contributed by atoms with van der Waals surface area (Å²) in [6, 6.07) is -1.56. The number of nitrogens with two attached hydrogens (primary N) is 3. The van der Waals surface area contributed by atoms with Crippen molar-refractivity contribution in [2.24, 2.45) is 29.0 Å². The molecule has 0 saturated heterocycles. The number of hydrogen-bond acceptors (Lipinski definition) is 20. The first-order valence-corrected chi connectivity index (χ1v) is 33.5. The van der Waals surface area contributed by atoms with Gasteiger partial charge in [0.1, 0.15) is 73.0 Å². The Labute approximate surface area is 605 Å². The van der Waals surface area contributed by atoms with Gasteiger partial charge in [0.15, 0.2) is 0 Å². The number of H-pyrrole nitrogens is 1. The van der Waals surface area contributed by atoms with Crippen LogP contribution in [-0.2, 0) is 101 Å². The highest BCUT2D eigenvalue weighted by Gasteiger charge is 2.37. The number of aliphatic hydroxyl groups excluding tert-OH is 2. The Balaban J connectivity index is 1.78. The maximum absolute atomic E-state index is 14.2. The minimum Gasteiger partial charge on any atom is -0.394 e. The van der Waals surface area contributed by atoms with Crippen molar-refractivity contribution < 1.29 is 91.7 Å². The highest BCUT2D eigenvalue weighted by molar-refractivity contribution is 6.02. The summed E-state index contributed by atoms with van der Waals surface area (Å²) in [6.07, 6.45) is 1.30. The Morgan fingerprint density at radius 2 is 0.857 bits per heavy atom. The Kier molecular flexibility index (Phi) is 38.1. The molecule has 105 heavy (non-hydrogen) atoms. The average Bonchev–Trinajstić information content (AvgIpc) is 1.31. The molecule has 1 heterocycles. The summed E-state index contributed by atoms with van der Waals surface area (Å²) in [5.74, 6) is -18.0. The van der Waals surface area contributed by atoms with Crippen molar-refractivity contribution in [2.45, 2.75) is 173 Å². The van der Waals surface area contributed by atoms with E-state index in [9.17, 15) is 91.7 Å². The standard InChI is InChI=1S/C67H96N19O19/c1-8-16-54(92)76-38(7)58(96)79-46(25-51(68)89)63(101)82-44(23-40-19-14-11-15-20-40)61(99)80-42(21-35(3)4)59(97)74-31-56(94)78-45(24-41-29-71-34-75-41)62(100)85-50(33-88)67(105)86-49(32-87)66(104)84-48(27-53(70)91)65(103)83-47(26-52(69)90)64(102)81-43(22-39-17-12-10-13-18-39)60(98)73-30-55(93)77-37(6)57(95)72-28-36(5)9-2/h10-20,28-29,31,34-38,42-50,87-88H,8-9,21-27,30,32-33H2,1-7H3,(H2,68,89)(H2,69,90)(H2,70,91)(H,71,75)(H,72,95)(H,73,98)(H,74,97)(H,76,92)(H,77,93)(H,78,94)(H,79,96)(H,80,99)(H,81,102)(H,82,101)(H,83,103)(H,84,104)(H,85,100)(H,86,105)/t36-,37-,38-,42-,43-,44-,45-,46-,47-,48-,49-,50-/m0/s1. The number of aromatic amines is 1. The zero-order valence-electron chi connectivity index (χ0n) is 59.2. The van der Waals surface area contributed by atoms with Crippen LogP contribution in [0.3, 0.4) is 0 Å². The van der Waals surface area contributed by atoms with Crippen LogP contribution in [0.1, 0.15) is 104 Å². The first-order valence-electron chi connectivity index (χ1n) is 33.5. The molecule has 3 aromatic rings. The van der Waals surface area contributed by atoms with Crippen LogP contribution >= 0.6 is 0 Å². The number of rotatable bonds is 47. The van der Waals surface area contributed by atoms with Crippen molar-refractivity contribution in [2.75, 3.05) is 19.8 Å². The lowest BCUT2D eigenvalue weighted by molar-refractivity contribution is -0.137. The van der Waals surface area contributed by atoms with E-state index < -0.39 is 212 Å². The zero-order valence-corrected chi connectivity index (χ0v) is 59.2. The molecule has 0 aliphatic heterocycles. The van der Waals surface area contributed by atoms with Gasteiger partial charge in [0.05, 0.1) is 51.9 Å². The van der Waals surface area contributed by atoms with Crippen LogP contribution in [0.15, 0.2) is 73.2 Å². The van der Waals surface area contributed by atoms with Gasteiger partial charge in [-0.05, 0) is 49.7 Å². The number of amides is 17. The SMILES string of the molecule is CC[CH]C(=O)N[C@@H](C)C(=O)N[C@@H](CC(N)=O)C(=O)N[C@@H](Cc1ccccc1)C(=O)N[C@@H](CC(C)C)C(=O)N[CH]C(=O)N[C@@H](Cc1cnc[nH]1)C(=O)N[C@@H](CO)C(=O)N[C@@H](CO)C(=O)N[C@@H](CC(N)=O)C(=O)N[C@@H](CC(N)=O)C(=O)N[C@@H](Cc1ccccc1)C(=O)NCC(=O)N[C@@H](C)C(=O)N[CH][C@@H](C)CC. The topological polar surface area (TPSA) is 606 Å². The summed E-state index contributed by atoms with van der Waals surface area (Å²) in [4.78, 5) is 233. The summed E-state index contributed by atoms with van der Waals surface area (Å²) in [5, 5.41) is 53.6. The molecular formula is C67H96N19O19. The lowest BCUT2D eigenvalue weighted by atomic mass is 10.0. The summed E-state index contributed by atoms with van der Waals surface area (Å²) in [7, 11) is 0. The summed E-state index contributed by atoms with van der Waals surface area (Å²) in [6.45, 7) is 10.7. The third-order valence-electron chi connectivity index (χ3n) is 15.4. The second-order valence-corrected chi connectivity index (χ2v) is 24.8. The van der Waals surface area contributed by atoms with Crippen LogP contribution < -0.4 is 91.6 Å². The monoisotopic (exact) mass is 1470 g/mol. The van der Waals surface area contributed by atoms with E-state index in [1.165, 1.54) is 32.8 Å². The van der Waals surface area contributed by atoms with Crippen LogP contribution in [-0.4, -0.2) is 207 Å². The third kappa shape index (κ3) is 33.0. The largest absolute Gasteiger partial charge is 0.394 e. The van der Waals surface area contributed by atoms with Crippen molar-refractivity contribution >= 4 is 100 Å². The van der Waals surface area contributed by atoms with Crippen LogP contribution in [0, 0.1) is 31.3 Å². The van der Waals surface area contributed by atoms with Crippen molar-refractivity contribution in [1.82, 2.24) is 84.4 Å². The first-order chi connectivity index (χ1) is 49.7. The number of aliphatic hydroxyl groups is 2. The van der Waals surface area contributed by atoms with Gasteiger partial charge in [0, 0.05) is 37.6 Å². The normalized spacial score (nSPS) is 14.3. The summed E-state index contributed by atoms with van der Waals surface area (Å²) < 4.78 is 0. The molecular weight excluding hydrogens is 1370 g/mol. The quantitative estimate of drug-likeness (QED) is 0.0250. The molecule has 0 bridgehead atoms. The molecule has 1 aromatic heterocycles. The third-order valence-corrected chi connectivity index (χ3v) is 15.4. The second kappa shape index (κ2) is 45.5. The number of nitrogens with zero attached hydrogens (tertiary/aromatic N) is 1. The minimum atomic E-state index is -2.05. The fourth-order valence-electron chi connectivity index (χ4n) is 9.56. The van der Waals surface area contributed by atoms with Gasteiger partial charge in [-0.3, -0.25) is 81.5 Å². The molecule has 38 nitrogen and oxygen atoms in total. The molecule has 573 valence electrons. The fourth-order valence-corrected chi connectivity index (χ4v) is 9.56. The molecule has 0 aliphatic rings. The minimum absolute atomic E-state index is 0.0440. The molecule has 0 fully saturated rings. The maximum Gasteiger partial charge on any atom is 0.245 e. The number of imidazole rings is 1. The van der Waals surface area contributed by atoms with Crippen LogP contribution in [0.2, 0.25) is 0 Å². The Hall–Kier alpha value is -11.4. The number of hydrogen-bond donors (Lipinski definition) is 20. The molecule has 38 heteroatoms. The number of carbonyl (C=O) groups is 17. The number of aromatic nitrogens is 2. The highest BCUT2D eigenvalue weighted by atomic mass is 16.3. The molecule has 3 radical (unpaired) electrons. The summed E-state index contributed by atoms with van der Waals surface area (Å²) in [5.41, 5.74) is 17.5. The number of benzene rings is 2. The van der Waals surface area contributed by atoms with E-state index in [4.69, 9.17) is 17.2 Å². The van der Waals surface area contributed by atoms with E-state index in [1.807, 2.05) is 13.8 Å². The van der Waals surface area contributed by atoms with Crippen molar-refractivity contribution in [3.8, 4) is 0 Å². The lowest BCUT2D eigenvalue weighted by Crippen LogP contribution is -2.61. The Bertz CT molecular complexity index is 3470. The van der Waals surface area contributed by atoms with Crippen molar-refractivity contribution in [3.63, 3.8) is 0 Å². The van der Waals surface area contributed by atoms with E-state index in [0.29, 0.717) is 24.1 Å². The lowest BCUT2D eigenvalue weighted by Gasteiger charge is -2.26. The van der Waals surface area contributed by atoms with Crippen LogP contribution in [0.4, 0.5) is 0 Å². The molecule has 12 atom stereocenters. The molecule has 0 aliphatic carbocycles. The fraction of sp³-hybridized carbons (Fsp3) is 0.478. The van der Waals surface area contributed by atoms with Gasteiger partial charge in [0.2, 0.25) is 100 Å². The van der Waals surface area contributed by atoms with Crippen LogP contribution in [0.5, 0.6) is 0 Å². The van der Waals surface area contributed by atoms with E-state index in [2.05, 4.69) is 84.4 Å². The average molecular weight is 1470 g/mol. The maximum atomic E-state index is 14.2. The molecule has 23 N–H and O–H groups in total. The van der Waals surface area contributed by atoms with Gasteiger partial charge in [-0.15, -0.1) is 0 Å². The Morgan fingerprint density at radius 3 is 1.29 bits per heavy atom. The van der Waals surface area contributed by atoms with E-state index in [1.54, 1.807) is 88.0 Å². The number of primary amides is 3. The van der Waals surface area contributed by atoms with Gasteiger partial charge >= 0.3 is 0 Å². The first kappa shape index (κ1) is 87.8. The summed E-state index contributed by atoms with van der Waals surface area (Å²) >= 11 is 0. The predicted octanol–water partition coefficient (Wildman–Crippen LogP) is -7.20.